The van der Waals surface area contributed by atoms with Crippen LogP contribution in [-0.4, -0.2) is 49.8 Å². The van der Waals surface area contributed by atoms with Gasteiger partial charge in [0.15, 0.2) is 0 Å². The summed E-state index contributed by atoms with van der Waals surface area (Å²) in [5.41, 5.74) is 0. The second-order valence-electron chi connectivity index (χ2n) is 4.18. The topological polar surface area (TPSA) is 24.5 Å². The van der Waals surface area contributed by atoms with Crippen molar-refractivity contribution in [1.29, 1.82) is 0 Å². The van der Waals surface area contributed by atoms with Crippen LogP contribution < -0.4 is 5.32 Å². The summed E-state index contributed by atoms with van der Waals surface area (Å²) in [6, 6.07) is 0.679. The summed E-state index contributed by atoms with van der Waals surface area (Å²) in [7, 11) is 0. The SMILES string of the molecule is C[C@H]1CNCCN1CC1CCCO1. The molecule has 0 radical (unpaired) electrons. The molecule has 0 aromatic heterocycles. The van der Waals surface area contributed by atoms with Crippen molar-refractivity contribution < 1.29 is 4.74 Å². The summed E-state index contributed by atoms with van der Waals surface area (Å²) in [5.74, 6) is 0. The van der Waals surface area contributed by atoms with Crippen molar-refractivity contribution in [3.63, 3.8) is 0 Å². The maximum absolute atomic E-state index is 5.64. The fraction of sp³-hybridized carbons (Fsp3) is 1.00. The highest BCUT2D eigenvalue weighted by molar-refractivity contribution is 4.79. The molecule has 0 saturated carbocycles. The zero-order chi connectivity index (χ0) is 9.10. The van der Waals surface area contributed by atoms with Gasteiger partial charge in [0.05, 0.1) is 6.10 Å². The maximum Gasteiger partial charge on any atom is 0.0702 e. The molecule has 0 aliphatic carbocycles. The molecule has 2 heterocycles. The molecular weight excluding hydrogens is 164 g/mol. The van der Waals surface area contributed by atoms with E-state index in [0.29, 0.717) is 12.1 Å². The van der Waals surface area contributed by atoms with Crippen LogP contribution in [0.25, 0.3) is 0 Å². The van der Waals surface area contributed by atoms with Gasteiger partial charge in [-0.2, -0.15) is 0 Å². The van der Waals surface area contributed by atoms with Crippen LogP contribution in [0.3, 0.4) is 0 Å². The Bertz CT molecular complexity index is 157. The quantitative estimate of drug-likeness (QED) is 0.675. The van der Waals surface area contributed by atoms with Crippen molar-refractivity contribution in [1.82, 2.24) is 10.2 Å². The number of hydrogen-bond acceptors (Lipinski definition) is 3. The predicted molar refractivity (Wildman–Crippen MR) is 52.9 cm³/mol. The Morgan fingerprint density at radius 3 is 3.15 bits per heavy atom. The van der Waals surface area contributed by atoms with Gasteiger partial charge in [0.2, 0.25) is 0 Å². The second-order valence-corrected chi connectivity index (χ2v) is 4.18. The average molecular weight is 184 g/mol. The van der Waals surface area contributed by atoms with Gasteiger partial charge in [-0.1, -0.05) is 0 Å². The Kier molecular flexibility index (Phi) is 3.19. The highest BCUT2D eigenvalue weighted by atomic mass is 16.5. The lowest BCUT2D eigenvalue weighted by Gasteiger charge is -2.35. The van der Waals surface area contributed by atoms with Crippen molar-refractivity contribution >= 4 is 0 Å². The van der Waals surface area contributed by atoms with Gasteiger partial charge in [-0.3, -0.25) is 4.90 Å². The molecule has 2 saturated heterocycles. The molecule has 2 fully saturated rings. The first-order chi connectivity index (χ1) is 6.36. The first-order valence-electron chi connectivity index (χ1n) is 5.42. The Balaban J connectivity index is 1.78. The third kappa shape index (κ3) is 2.42. The van der Waals surface area contributed by atoms with E-state index in [1.165, 1.54) is 19.4 Å². The summed E-state index contributed by atoms with van der Waals surface area (Å²) in [6.07, 6.45) is 3.03. The molecule has 0 bridgehead atoms. The largest absolute Gasteiger partial charge is 0.377 e. The molecule has 2 aliphatic heterocycles. The van der Waals surface area contributed by atoms with Gasteiger partial charge >= 0.3 is 0 Å². The van der Waals surface area contributed by atoms with E-state index in [0.717, 1.165) is 26.2 Å². The van der Waals surface area contributed by atoms with E-state index in [2.05, 4.69) is 17.1 Å². The van der Waals surface area contributed by atoms with E-state index in [1.54, 1.807) is 0 Å². The first-order valence-corrected chi connectivity index (χ1v) is 5.42. The van der Waals surface area contributed by atoms with Crippen LogP contribution in [0.15, 0.2) is 0 Å². The number of nitrogens with zero attached hydrogens (tertiary/aromatic N) is 1. The number of nitrogens with one attached hydrogen (secondary N) is 1. The highest BCUT2D eigenvalue weighted by Crippen LogP contribution is 2.15. The lowest BCUT2D eigenvalue weighted by Crippen LogP contribution is -2.51. The van der Waals surface area contributed by atoms with E-state index in [1.807, 2.05) is 0 Å². The van der Waals surface area contributed by atoms with Crippen LogP contribution in [0.4, 0.5) is 0 Å². The highest BCUT2D eigenvalue weighted by Gasteiger charge is 2.23. The standard InChI is InChI=1S/C10H20N2O/c1-9-7-11-4-5-12(9)8-10-3-2-6-13-10/h9-11H,2-8H2,1H3/t9-,10?/m0/s1. The third-order valence-electron chi connectivity index (χ3n) is 3.10. The van der Waals surface area contributed by atoms with Crippen molar-refractivity contribution in [3.05, 3.63) is 0 Å². The van der Waals surface area contributed by atoms with Crippen molar-refractivity contribution in [3.8, 4) is 0 Å². The zero-order valence-corrected chi connectivity index (χ0v) is 8.46. The van der Waals surface area contributed by atoms with E-state index in [4.69, 9.17) is 4.74 Å². The minimum Gasteiger partial charge on any atom is -0.377 e. The van der Waals surface area contributed by atoms with Crippen LogP contribution >= 0.6 is 0 Å². The molecule has 1 N–H and O–H groups in total. The Morgan fingerprint density at radius 2 is 2.46 bits per heavy atom. The van der Waals surface area contributed by atoms with Crippen molar-refractivity contribution in [2.45, 2.75) is 31.9 Å². The second kappa shape index (κ2) is 4.40. The van der Waals surface area contributed by atoms with E-state index < -0.39 is 0 Å². The summed E-state index contributed by atoms with van der Waals surface area (Å²) in [6.45, 7) is 7.86. The number of rotatable bonds is 2. The van der Waals surface area contributed by atoms with Gasteiger partial charge in [0, 0.05) is 38.8 Å². The van der Waals surface area contributed by atoms with Gasteiger partial charge in [-0.05, 0) is 19.8 Å². The number of piperazine rings is 1. The molecule has 0 aromatic carbocycles. The number of hydrogen-bond donors (Lipinski definition) is 1. The molecule has 76 valence electrons. The zero-order valence-electron chi connectivity index (χ0n) is 8.46. The van der Waals surface area contributed by atoms with Crippen LogP contribution in [-0.2, 0) is 4.74 Å². The third-order valence-corrected chi connectivity index (χ3v) is 3.10. The Morgan fingerprint density at radius 1 is 1.54 bits per heavy atom. The van der Waals surface area contributed by atoms with Gasteiger partial charge < -0.3 is 10.1 Å². The van der Waals surface area contributed by atoms with E-state index >= 15 is 0 Å². The molecule has 1 unspecified atom stereocenters. The average Bonchev–Trinajstić information content (AvgIpc) is 2.61. The van der Waals surface area contributed by atoms with E-state index in [-0.39, 0.29) is 0 Å². The smallest absolute Gasteiger partial charge is 0.0702 e. The van der Waals surface area contributed by atoms with Gasteiger partial charge in [0.25, 0.3) is 0 Å². The summed E-state index contributed by atoms with van der Waals surface area (Å²) >= 11 is 0. The summed E-state index contributed by atoms with van der Waals surface area (Å²) in [5, 5.41) is 3.41. The predicted octanol–water partition coefficient (Wildman–Crippen LogP) is 0.459. The molecule has 3 nitrogen and oxygen atoms in total. The maximum atomic E-state index is 5.64. The molecular formula is C10H20N2O. The number of ether oxygens (including phenoxy) is 1. The van der Waals surface area contributed by atoms with E-state index in [9.17, 15) is 0 Å². The molecule has 0 aromatic rings. The van der Waals surface area contributed by atoms with Crippen LogP contribution in [0.5, 0.6) is 0 Å². The lowest BCUT2D eigenvalue weighted by atomic mass is 10.1. The molecule has 3 heteroatoms. The monoisotopic (exact) mass is 184 g/mol. The Labute approximate surface area is 80.4 Å². The molecule has 0 spiro atoms. The Hall–Kier alpha value is -0.120. The van der Waals surface area contributed by atoms with Crippen LogP contribution in [0, 0.1) is 0 Å². The normalized spacial score (nSPS) is 36.7. The molecule has 2 aliphatic rings. The van der Waals surface area contributed by atoms with Crippen molar-refractivity contribution in [2.24, 2.45) is 0 Å². The fourth-order valence-electron chi connectivity index (χ4n) is 2.20. The molecule has 2 rings (SSSR count). The summed E-state index contributed by atoms with van der Waals surface area (Å²) < 4.78 is 5.64. The fourth-order valence-corrected chi connectivity index (χ4v) is 2.20. The van der Waals surface area contributed by atoms with Gasteiger partial charge in [-0.15, -0.1) is 0 Å². The minimum atomic E-state index is 0.514. The van der Waals surface area contributed by atoms with Gasteiger partial charge in [0.1, 0.15) is 0 Å². The molecule has 13 heavy (non-hydrogen) atoms. The van der Waals surface area contributed by atoms with Gasteiger partial charge in [-0.25, -0.2) is 0 Å². The molecule has 0 amide bonds. The lowest BCUT2D eigenvalue weighted by molar-refractivity contribution is 0.0526. The minimum absolute atomic E-state index is 0.514. The first kappa shape index (κ1) is 9.44. The molecule has 2 atom stereocenters. The van der Waals surface area contributed by atoms with Crippen molar-refractivity contribution in [2.75, 3.05) is 32.8 Å². The van der Waals surface area contributed by atoms with Crippen LogP contribution in [0.2, 0.25) is 0 Å². The summed E-state index contributed by atoms with van der Waals surface area (Å²) in [4.78, 5) is 2.55. The van der Waals surface area contributed by atoms with Crippen LogP contribution in [0.1, 0.15) is 19.8 Å².